The molecule has 0 aliphatic carbocycles. The van der Waals surface area contributed by atoms with E-state index in [1.54, 1.807) is 0 Å². The quantitative estimate of drug-likeness (QED) is 0.306. The van der Waals surface area contributed by atoms with E-state index in [1.165, 1.54) is 7.14 Å². The van der Waals surface area contributed by atoms with Gasteiger partial charge in [0.05, 0.1) is 0 Å². The summed E-state index contributed by atoms with van der Waals surface area (Å²) in [6.07, 6.45) is 0. The molecule has 21 heavy (non-hydrogen) atoms. The second-order valence-corrected chi connectivity index (χ2v) is 12.7. The Morgan fingerprint density at radius 2 is 1.05 bits per heavy atom. The average molecular weight is 551 g/mol. The van der Waals surface area contributed by atoms with E-state index < -0.39 is 19.5 Å². The zero-order valence-corrected chi connectivity index (χ0v) is 15.6. The maximum absolute atomic E-state index is 11.2. The molecule has 2 aromatic carbocycles. The molecule has 0 nitrogen and oxygen atoms in total. The summed E-state index contributed by atoms with van der Waals surface area (Å²) in [7, 11) is 0. The standard InChI is InChI=1S/C12H9ClI.6FH.Sb/c13-10-6-8-12(9-7-10)14-11-4-2-1-3-5-11;;;;;;;/h1-9H;6*1H;/q+1;;;;;;;+5/p-6. The molecule has 0 spiro atoms. The zero-order chi connectivity index (χ0) is 16.2. The fraction of sp³-hybridized carbons (Fsp3) is 0. The maximum atomic E-state index is 9.93. The first-order chi connectivity index (χ1) is 9.29. The fourth-order valence-electron chi connectivity index (χ4n) is 1.10. The summed E-state index contributed by atoms with van der Waals surface area (Å²) in [5.74, 6) is 0. The van der Waals surface area contributed by atoms with Crippen molar-refractivity contribution in [3.05, 3.63) is 66.8 Å². The third-order valence-corrected chi connectivity index (χ3v) is 4.69. The second kappa shape index (κ2) is 6.16. The van der Waals surface area contributed by atoms with E-state index in [-0.39, 0.29) is 21.2 Å². The second-order valence-electron chi connectivity index (χ2n) is 3.78. The molecule has 0 heterocycles. The SMILES string of the molecule is Clc1ccc([I+]c2ccccc2)cc1.[F][Sb-]([F])([F])([F])([F])[F]. The summed E-state index contributed by atoms with van der Waals surface area (Å²) >= 11 is -5.47. The normalized spacial score (nSPS) is 14.4. The van der Waals surface area contributed by atoms with Gasteiger partial charge in [-0.15, -0.1) is 0 Å². The fourth-order valence-corrected chi connectivity index (χ4v) is 3.44. The van der Waals surface area contributed by atoms with Crippen LogP contribution in [0.5, 0.6) is 0 Å². The van der Waals surface area contributed by atoms with Crippen LogP contribution < -0.4 is 21.2 Å². The molecule has 0 bridgehead atoms. The summed E-state index contributed by atoms with van der Waals surface area (Å²) in [6.45, 7) is 0. The Morgan fingerprint density at radius 1 is 0.667 bits per heavy atom. The van der Waals surface area contributed by atoms with Crippen LogP contribution in [-0.2, 0) is 0 Å². The number of hydrogen-bond donors (Lipinski definition) is 0. The van der Waals surface area contributed by atoms with Crippen LogP contribution in [-0.4, -0.2) is 19.5 Å². The van der Waals surface area contributed by atoms with Gasteiger partial charge < -0.3 is 0 Å². The Kier molecular flexibility index (Phi) is 5.55. The summed E-state index contributed by atoms with van der Waals surface area (Å²) in [5.41, 5.74) is 0. The van der Waals surface area contributed by atoms with Crippen LogP contribution in [0.2, 0.25) is 5.02 Å². The van der Waals surface area contributed by atoms with Crippen molar-refractivity contribution in [2.24, 2.45) is 0 Å². The minimum atomic E-state index is -11.2. The van der Waals surface area contributed by atoms with Crippen molar-refractivity contribution in [1.82, 2.24) is 0 Å². The van der Waals surface area contributed by atoms with Gasteiger partial charge in [-0.25, -0.2) is 0 Å². The molecule has 0 aliphatic rings. The van der Waals surface area contributed by atoms with Gasteiger partial charge in [0.2, 0.25) is 0 Å². The zero-order valence-electron chi connectivity index (χ0n) is 10.2. The van der Waals surface area contributed by atoms with Crippen molar-refractivity contribution in [2.75, 3.05) is 0 Å². The molecule has 0 fully saturated rings. The number of hydrogen-bond acceptors (Lipinski definition) is 0. The van der Waals surface area contributed by atoms with Crippen molar-refractivity contribution < 1.29 is 38.1 Å². The van der Waals surface area contributed by atoms with Crippen LogP contribution in [0.3, 0.4) is 0 Å². The molecule has 0 aromatic heterocycles. The van der Waals surface area contributed by atoms with Crippen molar-refractivity contribution in [3.8, 4) is 0 Å². The minimum absolute atomic E-state index is 0.0427. The Morgan fingerprint density at radius 3 is 1.48 bits per heavy atom. The van der Waals surface area contributed by atoms with Gasteiger partial charge in [0, 0.05) is 5.02 Å². The van der Waals surface area contributed by atoms with Crippen LogP contribution in [0.4, 0.5) is 16.9 Å². The topological polar surface area (TPSA) is 0 Å². The monoisotopic (exact) mass is 550 g/mol. The molecule has 0 atom stereocenters. The van der Waals surface area contributed by atoms with Crippen molar-refractivity contribution in [3.63, 3.8) is 0 Å². The van der Waals surface area contributed by atoms with Crippen LogP contribution in [0.1, 0.15) is 0 Å². The van der Waals surface area contributed by atoms with Gasteiger partial charge in [0.25, 0.3) is 0 Å². The first kappa shape index (κ1) is 18.9. The van der Waals surface area contributed by atoms with Gasteiger partial charge in [-0.3, -0.25) is 0 Å². The van der Waals surface area contributed by atoms with Crippen LogP contribution >= 0.6 is 11.6 Å². The van der Waals surface area contributed by atoms with Crippen molar-refractivity contribution in [1.29, 1.82) is 0 Å². The van der Waals surface area contributed by atoms with E-state index in [2.05, 4.69) is 42.5 Å². The number of rotatable bonds is 2. The summed E-state index contributed by atoms with van der Waals surface area (Å²) < 4.78 is 62.4. The molecular formula is C12H9ClF6ISb. The van der Waals surface area contributed by atoms with Crippen LogP contribution in [0.15, 0.2) is 54.6 Å². The van der Waals surface area contributed by atoms with Crippen LogP contribution in [0.25, 0.3) is 0 Å². The molecule has 0 unspecified atom stereocenters. The molecule has 0 saturated heterocycles. The van der Waals surface area contributed by atoms with Gasteiger partial charge in [-0.2, -0.15) is 0 Å². The molecular weight excluding hydrogens is 542 g/mol. The van der Waals surface area contributed by atoms with E-state index in [0.29, 0.717) is 0 Å². The van der Waals surface area contributed by atoms with Gasteiger partial charge in [-0.1, -0.05) is 29.8 Å². The van der Waals surface area contributed by atoms with E-state index in [4.69, 9.17) is 11.6 Å². The Hall–Kier alpha value is -0.142. The van der Waals surface area contributed by atoms with Crippen LogP contribution in [0, 0.1) is 7.14 Å². The molecule has 0 radical (unpaired) electrons. The molecule has 2 rings (SSSR count). The van der Waals surface area contributed by atoms with Gasteiger partial charge in [-0.05, 0) is 36.4 Å². The molecule has 0 N–H and O–H groups in total. The Bertz CT molecular complexity index is 571. The number of benzene rings is 2. The van der Waals surface area contributed by atoms with E-state index >= 15 is 0 Å². The van der Waals surface area contributed by atoms with Gasteiger partial charge in [0.15, 0.2) is 7.14 Å². The summed E-state index contributed by atoms with van der Waals surface area (Å²) in [5, 5.41) is 0.811. The van der Waals surface area contributed by atoms with Crippen molar-refractivity contribution in [2.45, 2.75) is 0 Å². The first-order valence-corrected chi connectivity index (χ1v) is 13.6. The third-order valence-electron chi connectivity index (χ3n) is 1.75. The predicted molar refractivity (Wildman–Crippen MR) is 67.7 cm³/mol. The average Bonchev–Trinajstić information content (AvgIpc) is 2.30. The Labute approximate surface area is 135 Å². The van der Waals surface area contributed by atoms with E-state index in [1.807, 2.05) is 12.1 Å². The molecule has 9 heteroatoms. The van der Waals surface area contributed by atoms with Crippen molar-refractivity contribution >= 4 is 31.1 Å². The molecule has 118 valence electrons. The molecule has 2 aromatic rings. The van der Waals surface area contributed by atoms with Gasteiger partial charge >= 0.3 is 57.6 Å². The summed E-state index contributed by atoms with van der Waals surface area (Å²) in [6, 6.07) is 18.7. The van der Waals surface area contributed by atoms with E-state index in [0.717, 1.165) is 5.02 Å². The number of halogens is 8. The molecule has 0 amide bonds. The predicted octanol–water partition coefficient (Wildman–Crippen LogP) is 2.61. The first-order valence-electron chi connectivity index (χ1n) is 5.31. The third kappa shape index (κ3) is 13.3. The Balaban J connectivity index is 0.000000270. The summed E-state index contributed by atoms with van der Waals surface area (Å²) in [4.78, 5) is 0. The molecule has 0 saturated carbocycles. The van der Waals surface area contributed by atoms with Gasteiger partial charge in [0.1, 0.15) is 0 Å². The molecule has 0 aliphatic heterocycles. The van der Waals surface area contributed by atoms with E-state index in [9.17, 15) is 16.9 Å².